The highest BCUT2D eigenvalue weighted by atomic mass is 16.5. The van der Waals surface area contributed by atoms with E-state index >= 15 is 0 Å². The maximum absolute atomic E-state index is 12.7. The standard InChI is InChI=1S/C18H27N5O3/c1-26-11-15(24)23-8-4-13-16(21-12-20-13)18(23)5-9-22(10-6-18)17(25)14-3-2-7-19-14/h12,14,19H,2-11H2,1H3,(H,20,21)/t14-/m1/s1. The Labute approximate surface area is 153 Å². The molecule has 3 aliphatic rings. The van der Waals surface area contributed by atoms with Crippen LogP contribution in [0.15, 0.2) is 6.33 Å². The Bertz CT molecular complexity index is 674. The molecule has 1 aromatic rings. The Morgan fingerprint density at radius 3 is 2.85 bits per heavy atom. The number of piperidine rings is 1. The molecule has 0 bridgehead atoms. The molecule has 0 unspecified atom stereocenters. The minimum absolute atomic E-state index is 0.00149. The van der Waals surface area contributed by atoms with Crippen molar-refractivity contribution in [2.24, 2.45) is 0 Å². The van der Waals surface area contributed by atoms with Crippen LogP contribution in [0.1, 0.15) is 37.1 Å². The number of likely N-dealkylation sites (tertiary alicyclic amines) is 1. The molecule has 4 heterocycles. The number of nitrogens with one attached hydrogen (secondary N) is 2. The van der Waals surface area contributed by atoms with Gasteiger partial charge in [-0.15, -0.1) is 0 Å². The molecule has 2 N–H and O–H groups in total. The first kappa shape index (κ1) is 17.5. The number of aromatic amines is 1. The number of carbonyl (C=O) groups excluding carboxylic acids is 2. The zero-order valence-corrected chi connectivity index (χ0v) is 15.3. The molecule has 0 aliphatic carbocycles. The third-order valence-electron chi connectivity index (χ3n) is 6.09. The second-order valence-electron chi connectivity index (χ2n) is 7.46. The molecule has 0 saturated carbocycles. The van der Waals surface area contributed by atoms with Gasteiger partial charge in [-0.1, -0.05) is 0 Å². The van der Waals surface area contributed by atoms with E-state index in [0.29, 0.717) is 19.6 Å². The van der Waals surface area contributed by atoms with Gasteiger partial charge in [-0.25, -0.2) is 4.98 Å². The second kappa shape index (κ2) is 7.00. The molecule has 0 radical (unpaired) electrons. The van der Waals surface area contributed by atoms with E-state index in [0.717, 1.165) is 50.0 Å². The lowest BCUT2D eigenvalue weighted by molar-refractivity contribution is -0.148. The third-order valence-corrected chi connectivity index (χ3v) is 6.09. The van der Waals surface area contributed by atoms with Crippen LogP contribution < -0.4 is 5.32 Å². The Hall–Kier alpha value is -1.93. The maximum atomic E-state index is 12.7. The van der Waals surface area contributed by atoms with Crippen LogP contribution in [0, 0.1) is 0 Å². The van der Waals surface area contributed by atoms with Gasteiger partial charge >= 0.3 is 0 Å². The summed E-state index contributed by atoms with van der Waals surface area (Å²) in [5.74, 6) is 0.198. The first-order chi connectivity index (χ1) is 12.7. The quantitative estimate of drug-likeness (QED) is 0.792. The monoisotopic (exact) mass is 361 g/mol. The molecule has 1 spiro atoms. The molecule has 2 saturated heterocycles. The molecule has 142 valence electrons. The van der Waals surface area contributed by atoms with Crippen LogP contribution in [0.2, 0.25) is 0 Å². The van der Waals surface area contributed by atoms with Gasteiger partial charge in [0, 0.05) is 38.9 Å². The molecule has 8 nitrogen and oxygen atoms in total. The van der Waals surface area contributed by atoms with Gasteiger partial charge in [-0.3, -0.25) is 9.59 Å². The summed E-state index contributed by atoms with van der Waals surface area (Å²) in [4.78, 5) is 37.1. The van der Waals surface area contributed by atoms with Crippen molar-refractivity contribution in [2.75, 3.05) is 39.9 Å². The summed E-state index contributed by atoms with van der Waals surface area (Å²) in [6.45, 7) is 2.97. The molecular weight excluding hydrogens is 334 g/mol. The Balaban J connectivity index is 1.55. The molecule has 2 fully saturated rings. The van der Waals surface area contributed by atoms with Crippen LogP contribution in [0.3, 0.4) is 0 Å². The number of imidazole rings is 1. The van der Waals surface area contributed by atoms with Crippen molar-refractivity contribution in [1.82, 2.24) is 25.1 Å². The first-order valence-electron chi connectivity index (χ1n) is 9.50. The van der Waals surface area contributed by atoms with E-state index in [2.05, 4.69) is 15.3 Å². The largest absolute Gasteiger partial charge is 0.375 e. The van der Waals surface area contributed by atoms with Crippen molar-refractivity contribution in [3.8, 4) is 0 Å². The highest BCUT2D eigenvalue weighted by Crippen LogP contribution is 2.42. The number of carbonyl (C=O) groups is 2. The predicted octanol–water partition coefficient (Wildman–Crippen LogP) is 0.0105. The summed E-state index contributed by atoms with van der Waals surface area (Å²) in [5, 5.41) is 3.29. The smallest absolute Gasteiger partial charge is 0.249 e. The summed E-state index contributed by atoms with van der Waals surface area (Å²) in [7, 11) is 1.55. The van der Waals surface area contributed by atoms with E-state index in [-0.39, 0.29) is 24.5 Å². The van der Waals surface area contributed by atoms with E-state index in [1.807, 2.05) is 9.80 Å². The van der Waals surface area contributed by atoms with Crippen molar-refractivity contribution in [3.63, 3.8) is 0 Å². The maximum Gasteiger partial charge on any atom is 0.249 e. The normalized spacial score (nSPS) is 24.7. The minimum Gasteiger partial charge on any atom is -0.375 e. The Morgan fingerprint density at radius 2 is 2.15 bits per heavy atom. The molecule has 1 atom stereocenters. The summed E-state index contributed by atoms with van der Waals surface area (Å²) >= 11 is 0. The molecule has 3 aliphatic heterocycles. The van der Waals surface area contributed by atoms with E-state index in [1.165, 1.54) is 0 Å². The van der Waals surface area contributed by atoms with Gasteiger partial charge in [0.05, 0.1) is 23.6 Å². The number of ether oxygens (including phenoxy) is 1. The summed E-state index contributed by atoms with van der Waals surface area (Å²) in [6.07, 6.45) is 5.92. The fourth-order valence-electron chi connectivity index (χ4n) is 4.76. The van der Waals surface area contributed by atoms with Crippen molar-refractivity contribution >= 4 is 11.8 Å². The number of hydrogen-bond acceptors (Lipinski definition) is 5. The van der Waals surface area contributed by atoms with Crippen molar-refractivity contribution in [3.05, 3.63) is 17.7 Å². The van der Waals surface area contributed by atoms with E-state index in [4.69, 9.17) is 4.74 Å². The van der Waals surface area contributed by atoms with Crippen LogP contribution in [-0.4, -0.2) is 77.5 Å². The van der Waals surface area contributed by atoms with Crippen molar-refractivity contribution < 1.29 is 14.3 Å². The van der Waals surface area contributed by atoms with Crippen LogP contribution in [0.25, 0.3) is 0 Å². The van der Waals surface area contributed by atoms with Crippen molar-refractivity contribution in [2.45, 2.75) is 43.7 Å². The van der Waals surface area contributed by atoms with Gasteiger partial charge in [-0.2, -0.15) is 0 Å². The lowest BCUT2D eigenvalue weighted by Gasteiger charge is -2.50. The molecule has 4 rings (SSSR count). The first-order valence-corrected chi connectivity index (χ1v) is 9.50. The van der Waals surface area contributed by atoms with Gasteiger partial charge in [0.1, 0.15) is 6.61 Å². The van der Waals surface area contributed by atoms with Gasteiger partial charge in [-0.05, 0) is 32.2 Å². The van der Waals surface area contributed by atoms with Crippen LogP contribution in [0.4, 0.5) is 0 Å². The number of methoxy groups -OCH3 is 1. The molecule has 8 heteroatoms. The molecular formula is C18H27N5O3. The average Bonchev–Trinajstić information content (AvgIpc) is 3.34. The lowest BCUT2D eigenvalue weighted by atomic mass is 9.78. The van der Waals surface area contributed by atoms with Crippen LogP contribution in [0.5, 0.6) is 0 Å². The zero-order chi connectivity index (χ0) is 18.1. The number of H-pyrrole nitrogens is 1. The second-order valence-corrected chi connectivity index (χ2v) is 7.46. The number of aromatic nitrogens is 2. The molecule has 2 amide bonds. The van der Waals surface area contributed by atoms with Crippen LogP contribution >= 0.6 is 0 Å². The summed E-state index contributed by atoms with van der Waals surface area (Å²) in [5.41, 5.74) is 1.66. The Morgan fingerprint density at radius 1 is 1.35 bits per heavy atom. The fraction of sp³-hybridized carbons (Fsp3) is 0.722. The number of amides is 2. The number of hydrogen-bond donors (Lipinski definition) is 2. The number of rotatable bonds is 3. The number of nitrogens with zero attached hydrogens (tertiary/aromatic N) is 3. The average molecular weight is 361 g/mol. The van der Waals surface area contributed by atoms with Gasteiger partial charge in [0.2, 0.25) is 11.8 Å². The predicted molar refractivity (Wildman–Crippen MR) is 94.4 cm³/mol. The molecule has 1 aromatic heterocycles. The third kappa shape index (κ3) is 2.81. The molecule has 26 heavy (non-hydrogen) atoms. The van der Waals surface area contributed by atoms with Crippen LogP contribution in [-0.2, 0) is 26.3 Å². The summed E-state index contributed by atoms with van der Waals surface area (Å²) < 4.78 is 5.09. The SMILES string of the molecule is COCC(=O)N1CCc2[nH]cnc2C12CCN(C(=O)[C@H]1CCCN1)CC2. The fourth-order valence-corrected chi connectivity index (χ4v) is 4.76. The Kier molecular flexibility index (Phi) is 4.71. The lowest BCUT2D eigenvalue weighted by Crippen LogP contribution is -2.60. The highest BCUT2D eigenvalue weighted by molar-refractivity contribution is 5.82. The van der Waals surface area contributed by atoms with Gasteiger partial charge < -0.3 is 24.8 Å². The minimum atomic E-state index is -0.427. The number of fused-ring (bicyclic) bond motifs is 2. The van der Waals surface area contributed by atoms with Gasteiger partial charge in [0.15, 0.2) is 0 Å². The van der Waals surface area contributed by atoms with Gasteiger partial charge in [0.25, 0.3) is 0 Å². The van der Waals surface area contributed by atoms with Crippen molar-refractivity contribution in [1.29, 1.82) is 0 Å². The van der Waals surface area contributed by atoms with E-state index < -0.39 is 5.54 Å². The zero-order valence-electron chi connectivity index (χ0n) is 15.3. The van der Waals surface area contributed by atoms with E-state index in [1.54, 1.807) is 13.4 Å². The topological polar surface area (TPSA) is 90.6 Å². The van der Waals surface area contributed by atoms with E-state index in [9.17, 15) is 9.59 Å². The molecule has 0 aromatic carbocycles. The summed E-state index contributed by atoms with van der Waals surface area (Å²) in [6, 6.07) is -0.0393. The highest BCUT2D eigenvalue weighted by Gasteiger charge is 2.49.